The summed E-state index contributed by atoms with van der Waals surface area (Å²) in [6.07, 6.45) is 0.748. The lowest BCUT2D eigenvalue weighted by molar-refractivity contribution is 0.0473. The number of hydrogen-bond acceptors (Lipinski definition) is 6. The highest BCUT2D eigenvalue weighted by Crippen LogP contribution is 2.29. The lowest BCUT2D eigenvalue weighted by atomic mass is 9.95. The van der Waals surface area contributed by atoms with Crippen LogP contribution < -0.4 is 4.74 Å². The van der Waals surface area contributed by atoms with E-state index >= 15 is 0 Å². The Morgan fingerprint density at radius 1 is 0.944 bits per heavy atom. The van der Waals surface area contributed by atoms with E-state index in [0.717, 1.165) is 41.7 Å². The van der Waals surface area contributed by atoms with Crippen LogP contribution in [0.2, 0.25) is 0 Å². The second-order valence-electron chi connectivity index (χ2n) is 8.83. The van der Waals surface area contributed by atoms with E-state index in [1.54, 1.807) is 24.3 Å². The van der Waals surface area contributed by atoms with Gasteiger partial charge >= 0.3 is 5.97 Å². The van der Waals surface area contributed by atoms with Crippen LogP contribution in [-0.2, 0) is 24.2 Å². The van der Waals surface area contributed by atoms with Crippen molar-refractivity contribution in [2.75, 3.05) is 19.8 Å². The summed E-state index contributed by atoms with van der Waals surface area (Å²) in [6, 6.07) is 24.8. The number of fused-ring (bicyclic) bond motifs is 2. The van der Waals surface area contributed by atoms with Crippen molar-refractivity contribution in [3.05, 3.63) is 107 Å². The van der Waals surface area contributed by atoms with Crippen molar-refractivity contribution in [2.45, 2.75) is 26.4 Å². The first kappa shape index (κ1) is 23.7. The first-order valence-electron chi connectivity index (χ1n) is 12.2. The highest BCUT2D eigenvalue weighted by atomic mass is 16.5. The highest BCUT2D eigenvalue weighted by molar-refractivity contribution is 6.06. The van der Waals surface area contributed by atoms with Crippen molar-refractivity contribution in [1.82, 2.24) is 9.88 Å². The summed E-state index contributed by atoms with van der Waals surface area (Å²) in [4.78, 5) is 33.3. The van der Waals surface area contributed by atoms with E-state index in [1.165, 1.54) is 5.56 Å². The molecular weight excluding hydrogens is 452 g/mol. The quantitative estimate of drug-likeness (QED) is 0.254. The minimum atomic E-state index is -0.495. The molecule has 6 nitrogen and oxygen atoms in total. The van der Waals surface area contributed by atoms with E-state index in [9.17, 15) is 9.59 Å². The van der Waals surface area contributed by atoms with Gasteiger partial charge in [-0.1, -0.05) is 48.5 Å². The molecule has 0 N–H and O–H groups in total. The number of esters is 1. The molecule has 0 saturated heterocycles. The van der Waals surface area contributed by atoms with Gasteiger partial charge < -0.3 is 9.47 Å². The zero-order chi connectivity index (χ0) is 24.9. The first-order valence-corrected chi connectivity index (χ1v) is 12.2. The Labute approximate surface area is 210 Å². The fourth-order valence-electron chi connectivity index (χ4n) is 4.65. The molecule has 0 amide bonds. The van der Waals surface area contributed by atoms with Crippen LogP contribution in [0.5, 0.6) is 5.75 Å². The van der Waals surface area contributed by atoms with Gasteiger partial charge in [-0.3, -0.25) is 14.7 Å². The molecule has 0 radical (unpaired) electrons. The molecule has 0 aliphatic carbocycles. The maximum Gasteiger partial charge on any atom is 0.339 e. The monoisotopic (exact) mass is 480 g/mol. The third kappa shape index (κ3) is 5.14. The van der Waals surface area contributed by atoms with Gasteiger partial charge in [0.15, 0.2) is 12.4 Å². The average molecular weight is 481 g/mol. The van der Waals surface area contributed by atoms with E-state index in [1.807, 2.05) is 49.4 Å². The third-order valence-electron chi connectivity index (χ3n) is 6.40. The zero-order valence-electron chi connectivity index (χ0n) is 20.3. The van der Waals surface area contributed by atoms with Crippen molar-refractivity contribution in [3.8, 4) is 5.75 Å². The molecule has 0 bridgehead atoms. The molecule has 0 fully saturated rings. The Balaban J connectivity index is 1.38. The third-order valence-corrected chi connectivity index (χ3v) is 6.40. The molecule has 0 saturated carbocycles. The summed E-state index contributed by atoms with van der Waals surface area (Å²) < 4.78 is 11.0. The van der Waals surface area contributed by atoms with Gasteiger partial charge in [-0.2, -0.15) is 0 Å². The molecule has 6 heteroatoms. The number of hydrogen-bond donors (Lipinski definition) is 0. The smallest absolute Gasteiger partial charge is 0.339 e. The number of para-hydroxylation sites is 1. The molecule has 182 valence electrons. The molecule has 0 atom stereocenters. The Morgan fingerprint density at radius 2 is 1.69 bits per heavy atom. The molecule has 0 unspecified atom stereocenters. The summed E-state index contributed by atoms with van der Waals surface area (Å²) in [5, 5.41) is 0.747. The summed E-state index contributed by atoms with van der Waals surface area (Å²) in [7, 11) is 0. The first-order chi connectivity index (χ1) is 17.6. The Hall–Kier alpha value is -4.03. The van der Waals surface area contributed by atoms with E-state index in [-0.39, 0.29) is 12.4 Å². The number of pyridine rings is 1. The molecule has 4 aromatic rings. The molecule has 2 heterocycles. The molecule has 36 heavy (non-hydrogen) atoms. The van der Waals surface area contributed by atoms with Gasteiger partial charge in [-0.05, 0) is 42.8 Å². The highest BCUT2D eigenvalue weighted by Gasteiger charge is 2.27. The maximum absolute atomic E-state index is 13.4. The molecule has 3 aromatic carbocycles. The van der Waals surface area contributed by atoms with Crippen molar-refractivity contribution in [2.24, 2.45) is 0 Å². The lowest BCUT2D eigenvalue weighted by Gasteiger charge is -2.30. The molecular formula is C30H28N2O4. The standard InChI is InChI=1S/C30H28N2O4/c1-2-35-23-14-12-22(13-15-23)28(33)20-36-30(34)29-24-10-6-7-11-26(24)31-27-16-17-32(19-25(27)29)18-21-8-4-3-5-9-21/h3-15H,2,16-20H2,1H3. The number of aromatic nitrogens is 1. The van der Waals surface area contributed by atoms with Gasteiger partial charge in [-0.25, -0.2) is 4.79 Å². The maximum atomic E-state index is 13.4. The minimum absolute atomic E-state index is 0.260. The number of rotatable bonds is 8. The van der Waals surface area contributed by atoms with E-state index < -0.39 is 5.97 Å². The molecule has 1 aliphatic rings. The van der Waals surface area contributed by atoms with Gasteiger partial charge in [0, 0.05) is 48.3 Å². The second-order valence-corrected chi connectivity index (χ2v) is 8.83. The van der Waals surface area contributed by atoms with Crippen molar-refractivity contribution in [1.29, 1.82) is 0 Å². The van der Waals surface area contributed by atoms with Crippen LogP contribution in [0.25, 0.3) is 10.9 Å². The van der Waals surface area contributed by atoms with Gasteiger partial charge in [0.1, 0.15) is 5.75 Å². The zero-order valence-corrected chi connectivity index (χ0v) is 20.3. The van der Waals surface area contributed by atoms with Crippen LogP contribution in [0.4, 0.5) is 0 Å². The fraction of sp³-hybridized carbons (Fsp3) is 0.233. The van der Waals surface area contributed by atoms with Crippen LogP contribution in [-0.4, -0.2) is 41.4 Å². The Kier molecular flexibility index (Phi) is 7.05. The second kappa shape index (κ2) is 10.7. The summed E-state index contributed by atoms with van der Waals surface area (Å²) in [6.45, 7) is 4.37. The summed E-state index contributed by atoms with van der Waals surface area (Å²) in [5.41, 5.74) is 4.77. The van der Waals surface area contributed by atoms with Crippen LogP contribution >= 0.6 is 0 Å². The predicted molar refractivity (Wildman–Crippen MR) is 138 cm³/mol. The van der Waals surface area contributed by atoms with Gasteiger partial charge in [-0.15, -0.1) is 0 Å². The predicted octanol–water partition coefficient (Wildman–Crippen LogP) is 5.23. The number of carbonyl (C=O) groups is 2. The largest absolute Gasteiger partial charge is 0.494 e. The van der Waals surface area contributed by atoms with E-state index in [0.29, 0.717) is 30.0 Å². The van der Waals surface area contributed by atoms with Crippen molar-refractivity contribution < 1.29 is 19.1 Å². The fourth-order valence-corrected chi connectivity index (χ4v) is 4.65. The summed E-state index contributed by atoms with van der Waals surface area (Å²) in [5.74, 6) is -0.0592. The van der Waals surface area contributed by atoms with Gasteiger partial charge in [0.2, 0.25) is 0 Å². The number of ether oxygens (including phenoxy) is 2. The number of ketones is 1. The molecule has 0 spiro atoms. The van der Waals surface area contributed by atoms with Crippen LogP contribution in [0.1, 0.15) is 44.5 Å². The molecule has 1 aliphatic heterocycles. The lowest BCUT2D eigenvalue weighted by Crippen LogP contribution is -2.32. The van der Waals surface area contributed by atoms with Crippen LogP contribution in [0.3, 0.4) is 0 Å². The minimum Gasteiger partial charge on any atom is -0.494 e. The SMILES string of the molecule is CCOc1ccc(C(=O)COC(=O)c2c3c(nc4ccccc24)CCN(Cc2ccccc2)C3)cc1. The van der Waals surface area contributed by atoms with Gasteiger partial charge in [0.25, 0.3) is 0 Å². The van der Waals surface area contributed by atoms with E-state index in [2.05, 4.69) is 17.0 Å². The van der Waals surface area contributed by atoms with Crippen LogP contribution in [0.15, 0.2) is 78.9 Å². The van der Waals surface area contributed by atoms with Crippen LogP contribution in [0, 0.1) is 0 Å². The normalized spacial score (nSPS) is 13.2. The van der Waals surface area contributed by atoms with Crippen molar-refractivity contribution in [3.63, 3.8) is 0 Å². The molecule has 5 rings (SSSR count). The van der Waals surface area contributed by atoms with Gasteiger partial charge in [0.05, 0.1) is 17.7 Å². The molecule has 1 aromatic heterocycles. The van der Waals surface area contributed by atoms with E-state index in [4.69, 9.17) is 14.5 Å². The average Bonchev–Trinajstić information content (AvgIpc) is 2.91. The Morgan fingerprint density at radius 3 is 2.47 bits per heavy atom. The summed E-state index contributed by atoms with van der Waals surface area (Å²) >= 11 is 0. The Bertz CT molecular complexity index is 1380. The number of carbonyl (C=O) groups excluding carboxylic acids is 2. The topological polar surface area (TPSA) is 68.7 Å². The van der Waals surface area contributed by atoms with Crippen molar-refractivity contribution >= 4 is 22.7 Å². The number of nitrogens with zero attached hydrogens (tertiary/aromatic N) is 2. The number of Topliss-reactive ketones (excluding diaryl/α,β-unsaturated/α-hetero) is 1. The number of benzene rings is 3.